The zero-order valence-electron chi connectivity index (χ0n) is 8.42. The van der Waals surface area contributed by atoms with Crippen LogP contribution in [0.2, 0.25) is 0 Å². The van der Waals surface area contributed by atoms with Crippen molar-refractivity contribution in [2.75, 3.05) is 6.54 Å². The van der Waals surface area contributed by atoms with Crippen molar-refractivity contribution in [3.8, 4) is 0 Å². The van der Waals surface area contributed by atoms with Gasteiger partial charge in [-0.25, -0.2) is 0 Å². The quantitative estimate of drug-likeness (QED) is 0.746. The molecular formula is C10H16N2O. The van der Waals surface area contributed by atoms with Gasteiger partial charge >= 0.3 is 0 Å². The first-order valence-corrected chi connectivity index (χ1v) is 4.48. The number of carbonyl (C=O) groups excluding carboxylic acids is 1. The van der Waals surface area contributed by atoms with Crippen molar-refractivity contribution >= 4 is 5.91 Å². The van der Waals surface area contributed by atoms with Gasteiger partial charge in [-0.15, -0.1) is 0 Å². The summed E-state index contributed by atoms with van der Waals surface area (Å²) in [4.78, 5) is 10.6. The van der Waals surface area contributed by atoms with Crippen molar-refractivity contribution in [1.29, 1.82) is 0 Å². The molecule has 3 heteroatoms. The third-order valence-corrected chi connectivity index (χ3v) is 2.13. The number of aryl methyl sites for hydroxylation is 2. The molecule has 72 valence electrons. The summed E-state index contributed by atoms with van der Waals surface area (Å²) >= 11 is 0. The molecule has 1 aromatic rings. The normalized spacial score (nSPS) is 10.1. The van der Waals surface area contributed by atoms with Crippen molar-refractivity contribution in [2.24, 2.45) is 0 Å². The van der Waals surface area contributed by atoms with Crippen LogP contribution in [0, 0.1) is 13.8 Å². The summed E-state index contributed by atoms with van der Waals surface area (Å²) in [5.74, 6) is 0.0301. The highest BCUT2D eigenvalue weighted by atomic mass is 16.1. The molecule has 0 saturated carbocycles. The van der Waals surface area contributed by atoms with Crippen LogP contribution in [0.1, 0.15) is 18.3 Å². The summed E-state index contributed by atoms with van der Waals surface area (Å²) in [6, 6.07) is 4.17. The molecule has 0 aliphatic carbocycles. The van der Waals surface area contributed by atoms with Crippen LogP contribution in [-0.4, -0.2) is 17.0 Å². The Bertz CT molecular complexity index is 282. The predicted octanol–water partition coefficient (Wildman–Crippen LogP) is 1.24. The summed E-state index contributed by atoms with van der Waals surface area (Å²) in [5.41, 5.74) is 2.48. The molecule has 3 nitrogen and oxygen atoms in total. The number of hydrogen-bond donors (Lipinski definition) is 1. The van der Waals surface area contributed by atoms with Gasteiger partial charge in [0.1, 0.15) is 0 Å². The molecule has 13 heavy (non-hydrogen) atoms. The molecule has 0 unspecified atom stereocenters. The van der Waals surface area contributed by atoms with E-state index in [0.717, 1.165) is 6.54 Å². The Kier molecular flexibility index (Phi) is 3.12. The van der Waals surface area contributed by atoms with Gasteiger partial charge in [-0.2, -0.15) is 0 Å². The number of carbonyl (C=O) groups is 1. The minimum atomic E-state index is 0.0301. The molecule has 0 radical (unpaired) electrons. The highest BCUT2D eigenvalue weighted by Crippen LogP contribution is 2.05. The Morgan fingerprint density at radius 3 is 2.38 bits per heavy atom. The highest BCUT2D eigenvalue weighted by molar-refractivity contribution is 5.72. The molecule has 0 saturated heterocycles. The van der Waals surface area contributed by atoms with E-state index in [4.69, 9.17) is 0 Å². The van der Waals surface area contributed by atoms with E-state index in [1.165, 1.54) is 18.3 Å². The molecule has 1 aromatic heterocycles. The lowest BCUT2D eigenvalue weighted by atomic mass is 10.5. The molecule has 0 aromatic carbocycles. The van der Waals surface area contributed by atoms with Crippen LogP contribution in [0.3, 0.4) is 0 Å². The van der Waals surface area contributed by atoms with Gasteiger partial charge in [0, 0.05) is 31.4 Å². The third-order valence-electron chi connectivity index (χ3n) is 2.13. The van der Waals surface area contributed by atoms with E-state index < -0.39 is 0 Å². The zero-order chi connectivity index (χ0) is 9.84. The molecule has 1 rings (SSSR count). The van der Waals surface area contributed by atoms with E-state index in [9.17, 15) is 4.79 Å². The fourth-order valence-corrected chi connectivity index (χ4v) is 1.40. The molecule has 0 spiro atoms. The number of rotatable bonds is 3. The van der Waals surface area contributed by atoms with Gasteiger partial charge in [0.2, 0.25) is 5.91 Å². The highest BCUT2D eigenvalue weighted by Gasteiger charge is 1.99. The molecule has 0 aliphatic rings. The predicted molar refractivity (Wildman–Crippen MR) is 52.6 cm³/mol. The van der Waals surface area contributed by atoms with Crippen molar-refractivity contribution in [1.82, 2.24) is 9.88 Å². The number of aromatic nitrogens is 1. The second-order valence-electron chi connectivity index (χ2n) is 3.25. The van der Waals surface area contributed by atoms with Gasteiger partial charge in [0.05, 0.1) is 0 Å². The van der Waals surface area contributed by atoms with Gasteiger partial charge in [-0.05, 0) is 26.0 Å². The van der Waals surface area contributed by atoms with Crippen molar-refractivity contribution in [3.63, 3.8) is 0 Å². The zero-order valence-corrected chi connectivity index (χ0v) is 8.42. The van der Waals surface area contributed by atoms with Crippen molar-refractivity contribution in [2.45, 2.75) is 27.3 Å². The first kappa shape index (κ1) is 9.84. The summed E-state index contributed by atoms with van der Waals surface area (Å²) in [6.07, 6.45) is 0. The van der Waals surface area contributed by atoms with Crippen LogP contribution in [-0.2, 0) is 11.3 Å². The van der Waals surface area contributed by atoms with E-state index in [0.29, 0.717) is 6.54 Å². The molecule has 1 N–H and O–H groups in total. The van der Waals surface area contributed by atoms with E-state index in [1.807, 2.05) is 0 Å². The summed E-state index contributed by atoms with van der Waals surface area (Å²) in [5, 5.41) is 2.78. The van der Waals surface area contributed by atoms with Crippen LogP contribution in [0.25, 0.3) is 0 Å². The molecule has 1 heterocycles. The van der Waals surface area contributed by atoms with Gasteiger partial charge in [-0.1, -0.05) is 0 Å². The molecule has 0 bridgehead atoms. The Hall–Kier alpha value is -1.25. The maximum Gasteiger partial charge on any atom is 0.216 e. The van der Waals surface area contributed by atoms with E-state index in [2.05, 4.69) is 35.9 Å². The number of hydrogen-bond acceptors (Lipinski definition) is 1. The molecule has 0 aliphatic heterocycles. The average Bonchev–Trinajstić information content (AvgIpc) is 2.34. The van der Waals surface area contributed by atoms with Crippen molar-refractivity contribution in [3.05, 3.63) is 23.5 Å². The van der Waals surface area contributed by atoms with Crippen LogP contribution >= 0.6 is 0 Å². The van der Waals surface area contributed by atoms with Gasteiger partial charge in [-0.3, -0.25) is 4.79 Å². The fourth-order valence-electron chi connectivity index (χ4n) is 1.40. The van der Waals surface area contributed by atoms with E-state index in [-0.39, 0.29) is 5.91 Å². The lowest BCUT2D eigenvalue weighted by Crippen LogP contribution is -2.25. The van der Waals surface area contributed by atoms with Crippen molar-refractivity contribution < 1.29 is 4.79 Å². The van der Waals surface area contributed by atoms with Crippen LogP contribution in [0.15, 0.2) is 12.1 Å². The maximum atomic E-state index is 10.6. The Morgan fingerprint density at radius 2 is 1.92 bits per heavy atom. The number of nitrogens with one attached hydrogen (secondary N) is 1. The molecular weight excluding hydrogens is 164 g/mol. The van der Waals surface area contributed by atoms with Gasteiger partial charge in [0.25, 0.3) is 0 Å². The lowest BCUT2D eigenvalue weighted by Gasteiger charge is -2.08. The minimum absolute atomic E-state index is 0.0301. The van der Waals surface area contributed by atoms with Gasteiger partial charge in [0.15, 0.2) is 0 Å². The lowest BCUT2D eigenvalue weighted by molar-refractivity contribution is -0.118. The van der Waals surface area contributed by atoms with Crippen LogP contribution < -0.4 is 5.32 Å². The maximum absolute atomic E-state index is 10.6. The first-order valence-electron chi connectivity index (χ1n) is 4.48. The Labute approximate surface area is 78.8 Å². The second-order valence-corrected chi connectivity index (χ2v) is 3.25. The number of amides is 1. The SMILES string of the molecule is CC(=O)NCCn1c(C)ccc1C. The smallest absolute Gasteiger partial charge is 0.216 e. The third kappa shape index (κ3) is 2.61. The monoisotopic (exact) mass is 180 g/mol. The van der Waals surface area contributed by atoms with E-state index >= 15 is 0 Å². The van der Waals surface area contributed by atoms with Gasteiger partial charge < -0.3 is 9.88 Å². The summed E-state index contributed by atoms with van der Waals surface area (Å²) in [7, 11) is 0. The Morgan fingerprint density at radius 1 is 1.38 bits per heavy atom. The summed E-state index contributed by atoms with van der Waals surface area (Å²) < 4.78 is 2.19. The minimum Gasteiger partial charge on any atom is -0.355 e. The number of nitrogens with zero attached hydrogens (tertiary/aromatic N) is 1. The average molecular weight is 180 g/mol. The standard InChI is InChI=1S/C10H16N2O/c1-8-4-5-9(2)12(8)7-6-11-10(3)13/h4-5H,6-7H2,1-3H3,(H,11,13). The molecule has 1 amide bonds. The largest absolute Gasteiger partial charge is 0.355 e. The first-order chi connectivity index (χ1) is 6.11. The van der Waals surface area contributed by atoms with E-state index in [1.54, 1.807) is 0 Å². The second kappa shape index (κ2) is 4.12. The topological polar surface area (TPSA) is 34.0 Å². The summed E-state index contributed by atoms with van der Waals surface area (Å²) in [6.45, 7) is 7.23. The Balaban J connectivity index is 2.49. The molecule has 0 atom stereocenters. The molecule has 0 fully saturated rings. The van der Waals surface area contributed by atoms with Crippen LogP contribution in [0.5, 0.6) is 0 Å². The fraction of sp³-hybridized carbons (Fsp3) is 0.500. The van der Waals surface area contributed by atoms with Crippen LogP contribution in [0.4, 0.5) is 0 Å².